The number of esters is 2. The van der Waals surface area contributed by atoms with Crippen molar-refractivity contribution in [1.29, 1.82) is 0 Å². The summed E-state index contributed by atoms with van der Waals surface area (Å²) in [5.41, 5.74) is 0. The Morgan fingerprint density at radius 1 is 0.608 bits per heavy atom. The smallest absolute Gasteiger partial charge is 0.306 e. The minimum absolute atomic E-state index is 0.0333. The van der Waals surface area contributed by atoms with E-state index in [-0.39, 0.29) is 42.7 Å². The standard InChI is InChI=1S/C43H75NO7/c1-6-8-10-12-14-16-18-20-21-22-24-25-27-29-31-33-41(45)50-38-39(37-49-36-35-40(43(47)48)44(3,4)5)51-42(46)34-32-30-28-26-23-19-17-15-13-11-9-7-2/h8,10,12,14,16,18,20-21,39-40H,6-7,9,11,13,15,17,19,22-38H2,1-5H3/b10-8+,14-12+,18-16+,21-20+. The summed E-state index contributed by atoms with van der Waals surface area (Å²) in [6, 6.07) is -0.728. The van der Waals surface area contributed by atoms with Gasteiger partial charge in [-0.15, -0.1) is 0 Å². The second kappa shape index (κ2) is 34.4. The van der Waals surface area contributed by atoms with Crippen LogP contribution in [0, 0.1) is 0 Å². The van der Waals surface area contributed by atoms with Crippen LogP contribution in [-0.2, 0) is 28.6 Å². The number of nitrogens with zero attached hydrogens (tertiary/aromatic N) is 1. The van der Waals surface area contributed by atoms with Crippen molar-refractivity contribution in [3.05, 3.63) is 48.6 Å². The fraction of sp³-hybridized carbons (Fsp3) is 0.744. The van der Waals surface area contributed by atoms with Crippen LogP contribution in [0.2, 0.25) is 0 Å². The number of hydrogen-bond acceptors (Lipinski definition) is 7. The van der Waals surface area contributed by atoms with Gasteiger partial charge in [0.1, 0.15) is 12.6 Å². The number of likely N-dealkylation sites (N-methyl/N-ethyl adjacent to an activating group) is 1. The van der Waals surface area contributed by atoms with Crippen molar-refractivity contribution in [1.82, 2.24) is 0 Å². The molecule has 0 aromatic rings. The first-order valence-corrected chi connectivity index (χ1v) is 20.2. The third-order valence-electron chi connectivity index (χ3n) is 8.82. The Morgan fingerprint density at radius 2 is 1.10 bits per heavy atom. The highest BCUT2D eigenvalue weighted by Gasteiger charge is 2.25. The third-order valence-corrected chi connectivity index (χ3v) is 8.82. The molecule has 294 valence electrons. The molecule has 51 heavy (non-hydrogen) atoms. The van der Waals surface area contributed by atoms with Gasteiger partial charge in [0.15, 0.2) is 6.10 Å². The van der Waals surface area contributed by atoms with Crippen molar-refractivity contribution >= 4 is 17.9 Å². The summed E-state index contributed by atoms with van der Waals surface area (Å²) in [7, 11) is 5.39. The van der Waals surface area contributed by atoms with Gasteiger partial charge in [-0.1, -0.05) is 152 Å². The molecule has 0 spiro atoms. The number of carbonyl (C=O) groups is 3. The second-order valence-electron chi connectivity index (χ2n) is 14.6. The number of aliphatic carboxylic acids is 1. The first-order chi connectivity index (χ1) is 24.6. The van der Waals surface area contributed by atoms with Crippen molar-refractivity contribution in [2.24, 2.45) is 0 Å². The summed E-state index contributed by atoms with van der Waals surface area (Å²) >= 11 is 0. The molecule has 0 fully saturated rings. The monoisotopic (exact) mass is 718 g/mol. The van der Waals surface area contributed by atoms with E-state index in [9.17, 15) is 19.5 Å². The van der Waals surface area contributed by atoms with Gasteiger partial charge in [-0.25, -0.2) is 0 Å². The third kappa shape index (κ3) is 32.9. The molecule has 0 aliphatic carbocycles. The fourth-order valence-corrected chi connectivity index (χ4v) is 5.67. The number of quaternary nitrogens is 1. The molecule has 0 amide bonds. The number of hydrogen-bond donors (Lipinski definition) is 0. The molecule has 0 heterocycles. The van der Waals surface area contributed by atoms with Crippen LogP contribution < -0.4 is 5.11 Å². The maximum Gasteiger partial charge on any atom is 0.306 e. The van der Waals surface area contributed by atoms with E-state index in [0.29, 0.717) is 12.8 Å². The molecule has 0 radical (unpaired) electrons. The van der Waals surface area contributed by atoms with Gasteiger partial charge in [0, 0.05) is 19.3 Å². The van der Waals surface area contributed by atoms with Crippen molar-refractivity contribution in [2.75, 3.05) is 41.0 Å². The highest BCUT2D eigenvalue weighted by atomic mass is 16.6. The van der Waals surface area contributed by atoms with Crippen molar-refractivity contribution in [3.8, 4) is 0 Å². The van der Waals surface area contributed by atoms with Crippen LogP contribution in [0.1, 0.15) is 155 Å². The largest absolute Gasteiger partial charge is 0.544 e. The van der Waals surface area contributed by atoms with E-state index < -0.39 is 18.1 Å². The first-order valence-electron chi connectivity index (χ1n) is 20.2. The van der Waals surface area contributed by atoms with Crippen LogP contribution in [-0.4, -0.2) is 75.5 Å². The summed E-state index contributed by atoms with van der Waals surface area (Å²) in [5, 5.41) is 11.6. The van der Waals surface area contributed by atoms with Crippen molar-refractivity contribution in [3.63, 3.8) is 0 Å². The van der Waals surface area contributed by atoms with Crippen LogP contribution in [0.15, 0.2) is 48.6 Å². The molecule has 0 aromatic carbocycles. The number of allylic oxidation sites excluding steroid dienone is 8. The van der Waals surface area contributed by atoms with Gasteiger partial charge in [0.25, 0.3) is 0 Å². The summed E-state index contributed by atoms with van der Waals surface area (Å²) < 4.78 is 17.1. The van der Waals surface area contributed by atoms with E-state index >= 15 is 0 Å². The molecular weight excluding hydrogens is 642 g/mol. The van der Waals surface area contributed by atoms with Gasteiger partial charge in [-0.05, 0) is 32.1 Å². The highest BCUT2D eigenvalue weighted by Crippen LogP contribution is 2.14. The fourth-order valence-electron chi connectivity index (χ4n) is 5.67. The molecule has 2 unspecified atom stereocenters. The van der Waals surface area contributed by atoms with Crippen LogP contribution in [0.5, 0.6) is 0 Å². The molecule has 0 N–H and O–H groups in total. The zero-order chi connectivity index (χ0) is 37.8. The summed E-state index contributed by atoms with van der Waals surface area (Å²) in [6.45, 7) is 4.48. The van der Waals surface area contributed by atoms with Gasteiger partial charge >= 0.3 is 11.9 Å². The maximum absolute atomic E-state index is 12.7. The molecule has 0 aliphatic heterocycles. The van der Waals surface area contributed by atoms with Crippen LogP contribution in [0.25, 0.3) is 0 Å². The normalized spacial score (nSPS) is 13.5. The topological polar surface area (TPSA) is 102 Å². The van der Waals surface area contributed by atoms with Gasteiger partial charge in [-0.3, -0.25) is 9.59 Å². The Morgan fingerprint density at radius 3 is 1.63 bits per heavy atom. The molecule has 0 saturated carbocycles. The Balaban J connectivity index is 4.43. The Hall–Kier alpha value is -2.71. The van der Waals surface area contributed by atoms with Gasteiger partial charge in [0.05, 0.1) is 40.3 Å². The van der Waals surface area contributed by atoms with Gasteiger partial charge < -0.3 is 28.6 Å². The lowest BCUT2D eigenvalue weighted by Gasteiger charge is -2.34. The highest BCUT2D eigenvalue weighted by molar-refractivity contribution is 5.70. The second-order valence-corrected chi connectivity index (χ2v) is 14.6. The van der Waals surface area contributed by atoms with E-state index in [1.807, 2.05) is 30.4 Å². The molecule has 0 aliphatic rings. The lowest BCUT2D eigenvalue weighted by molar-refractivity contribution is -0.889. The lowest BCUT2D eigenvalue weighted by Crippen LogP contribution is -2.55. The number of carboxylic acid groups (broad SMARTS) is 1. The van der Waals surface area contributed by atoms with Gasteiger partial charge in [0.2, 0.25) is 0 Å². The van der Waals surface area contributed by atoms with E-state index in [1.54, 1.807) is 21.1 Å². The van der Waals surface area contributed by atoms with Crippen molar-refractivity contribution in [2.45, 2.75) is 167 Å². The summed E-state index contributed by atoms with van der Waals surface area (Å²) in [4.78, 5) is 36.7. The number of ether oxygens (including phenoxy) is 3. The molecule has 0 bridgehead atoms. The van der Waals surface area contributed by atoms with Crippen LogP contribution >= 0.6 is 0 Å². The minimum Gasteiger partial charge on any atom is -0.544 e. The Labute approximate surface area is 312 Å². The number of carbonyl (C=O) groups excluding carboxylic acids is 3. The lowest BCUT2D eigenvalue weighted by atomic mass is 10.0. The molecular formula is C43H75NO7. The molecule has 0 aromatic heterocycles. The predicted octanol–water partition coefficient (Wildman–Crippen LogP) is 9.13. The Kier molecular flexibility index (Phi) is 32.6. The molecule has 0 rings (SSSR count). The number of unbranched alkanes of at least 4 members (excludes halogenated alkanes) is 16. The maximum atomic E-state index is 12.7. The zero-order valence-corrected chi connectivity index (χ0v) is 33.3. The predicted molar refractivity (Wildman–Crippen MR) is 208 cm³/mol. The SMILES string of the molecule is CC/C=C/C=C/C=C/C=C/CCCCCCCC(=O)OCC(COCCC(C(=O)[O-])[N+](C)(C)C)OC(=O)CCCCCCCCCCCCCC. The van der Waals surface area contributed by atoms with Crippen LogP contribution in [0.4, 0.5) is 0 Å². The minimum atomic E-state index is -1.13. The first kappa shape index (κ1) is 48.3. The van der Waals surface area contributed by atoms with E-state index in [2.05, 4.69) is 32.1 Å². The molecule has 8 nitrogen and oxygen atoms in total. The number of carboxylic acids is 1. The van der Waals surface area contributed by atoms with Crippen LogP contribution in [0.3, 0.4) is 0 Å². The average molecular weight is 718 g/mol. The molecule has 0 saturated heterocycles. The summed E-state index contributed by atoms with van der Waals surface area (Å²) in [5.74, 6) is -1.77. The molecule has 8 heteroatoms. The van der Waals surface area contributed by atoms with E-state index in [0.717, 1.165) is 64.2 Å². The quantitative estimate of drug-likeness (QED) is 0.0279. The van der Waals surface area contributed by atoms with E-state index in [4.69, 9.17) is 14.2 Å². The molecule has 2 atom stereocenters. The summed E-state index contributed by atoms with van der Waals surface area (Å²) in [6.07, 6.45) is 38.4. The number of rotatable bonds is 35. The zero-order valence-electron chi connectivity index (χ0n) is 33.3. The van der Waals surface area contributed by atoms with Crippen molar-refractivity contribution < 1.29 is 38.2 Å². The average Bonchev–Trinajstić information content (AvgIpc) is 3.08. The van der Waals surface area contributed by atoms with E-state index in [1.165, 1.54) is 57.8 Å². The van der Waals surface area contributed by atoms with Gasteiger partial charge in [-0.2, -0.15) is 0 Å². The Bertz CT molecular complexity index is 979.